The summed E-state index contributed by atoms with van der Waals surface area (Å²) in [6.07, 6.45) is 0.868. The highest BCUT2D eigenvalue weighted by molar-refractivity contribution is 7.98. The Balaban J connectivity index is 1.56. The van der Waals surface area contributed by atoms with Crippen LogP contribution in [0, 0.1) is 6.92 Å². The van der Waals surface area contributed by atoms with E-state index in [-0.39, 0.29) is 5.60 Å². The molecule has 122 valence electrons. The number of aryl methyl sites for hydroxylation is 1. The van der Waals surface area contributed by atoms with Gasteiger partial charge in [-0.2, -0.15) is 11.8 Å². The third-order valence-corrected chi connectivity index (χ3v) is 6.29. The summed E-state index contributed by atoms with van der Waals surface area (Å²) in [5.74, 6) is 2.77. The van der Waals surface area contributed by atoms with Crippen LogP contribution >= 0.6 is 23.1 Å². The Bertz CT molecular complexity index is 711. The Morgan fingerprint density at radius 1 is 1.35 bits per heavy atom. The van der Waals surface area contributed by atoms with Gasteiger partial charge in [0.05, 0.1) is 12.0 Å². The zero-order valence-corrected chi connectivity index (χ0v) is 15.3. The van der Waals surface area contributed by atoms with E-state index >= 15 is 0 Å². The van der Waals surface area contributed by atoms with Gasteiger partial charge in [0.25, 0.3) is 0 Å². The van der Waals surface area contributed by atoms with Crippen LogP contribution in [-0.4, -0.2) is 24.2 Å². The van der Waals surface area contributed by atoms with Gasteiger partial charge in [-0.1, -0.05) is 23.4 Å². The van der Waals surface area contributed by atoms with Gasteiger partial charge in [-0.3, -0.25) is 0 Å². The number of thioether (sulfide) groups is 1. The number of thiophene rings is 1. The Kier molecular flexibility index (Phi) is 4.97. The summed E-state index contributed by atoms with van der Waals surface area (Å²) in [6.45, 7) is 4.27. The summed E-state index contributed by atoms with van der Waals surface area (Å²) in [4.78, 5) is 7.02. The minimum absolute atomic E-state index is 0.224. The molecule has 1 unspecified atom stereocenters. The third-order valence-electron chi connectivity index (χ3n) is 3.90. The highest BCUT2D eigenvalue weighted by Gasteiger charge is 2.35. The van der Waals surface area contributed by atoms with E-state index in [2.05, 4.69) is 36.5 Å². The minimum Gasteiger partial charge on any atom is -0.496 e. The van der Waals surface area contributed by atoms with E-state index in [9.17, 15) is 0 Å². The molecule has 2 heterocycles. The lowest BCUT2D eigenvalue weighted by molar-refractivity contribution is 0.0163. The molecule has 1 aromatic heterocycles. The van der Waals surface area contributed by atoms with E-state index in [0.29, 0.717) is 0 Å². The molecule has 0 fully saturated rings. The topological polar surface area (TPSA) is 30.8 Å². The van der Waals surface area contributed by atoms with Gasteiger partial charge in [0.2, 0.25) is 0 Å². The van der Waals surface area contributed by atoms with Gasteiger partial charge in [-0.05, 0) is 36.9 Å². The molecule has 1 aliphatic rings. The summed E-state index contributed by atoms with van der Waals surface area (Å²) in [5.41, 5.74) is 3.36. The van der Waals surface area contributed by atoms with Crippen molar-refractivity contribution >= 4 is 28.8 Å². The lowest BCUT2D eigenvalue weighted by Gasteiger charge is -2.21. The molecule has 2 aromatic rings. The molecule has 1 atom stereocenters. The summed E-state index contributed by atoms with van der Waals surface area (Å²) >= 11 is 3.60. The average Bonchev–Trinajstić information content (AvgIpc) is 3.14. The second-order valence-electron chi connectivity index (χ2n) is 5.99. The lowest BCUT2D eigenvalue weighted by atomic mass is 10.0. The molecule has 0 radical (unpaired) electrons. The van der Waals surface area contributed by atoms with E-state index in [1.54, 1.807) is 18.4 Å². The van der Waals surface area contributed by atoms with Crippen molar-refractivity contribution in [1.29, 1.82) is 0 Å². The largest absolute Gasteiger partial charge is 0.496 e. The fourth-order valence-corrected chi connectivity index (χ4v) is 4.71. The van der Waals surface area contributed by atoms with Crippen LogP contribution in [0.25, 0.3) is 0 Å². The zero-order chi connectivity index (χ0) is 16.3. The molecule has 0 bridgehead atoms. The van der Waals surface area contributed by atoms with Crippen LogP contribution in [-0.2, 0) is 10.6 Å². The first-order valence-electron chi connectivity index (χ1n) is 7.60. The van der Waals surface area contributed by atoms with Gasteiger partial charge >= 0.3 is 0 Å². The molecule has 23 heavy (non-hydrogen) atoms. The molecule has 1 aliphatic heterocycles. The Morgan fingerprint density at radius 2 is 2.17 bits per heavy atom. The van der Waals surface area contributed by atoms with Gasteiger partial charge < -0.3 is 9.57 Å². The van der Waals surface area contributed by atoms with E-state index < -0.39 is 0 Å². The summed E-state index contributed by atoms with van der Waals surface area (Å²) in [7, 11) is 1.72. The Morgan fingerprint density at radius 3 is 2.91 bits per heavy atom. The monoisotopic (exact) mass is 347 g/mol. The number of ether oxygens (including phenoxy) is 1. The molecule has 0 saturated heterocycles. The van der Waals surface area contributed by atoms with Crippen LogP contribution in [0.3, 0.4) is 0 Å². The van der Waals surface area contributed by atoms with Gasteiger partial charge in [0, 0.05) is 23.5 Å². The van der Waals surface area contributed by atoms with Crippen LogP contribution in [0.5, 0.6) is 5.75 Å². The number of benzene rings is 1. The average molecular weight is 348 g/mol. The van der Waals surface area contributed by atoms with Crippen LogP contribution < -0.4 is 4.74 Å². The second-order valence-corrected chi connectivity index (χ2v) is 7.90. The molecule has 3 nitrogen and oxygen atoms in total. The number of oxime groups is 1. The number of rotatable bonds is 6. The molecule has 0 saturated carbocycles. The standard InChI is InChI=1S/C18H21NO2S2/c1-13-8-9-23-17(13)15-10-18(2,21-19-15)12-22-11-14-6-4-5-7-16(14)20-3/h4-9H,10-12H2,1-3H3. The quantitative estimate of drug-likeness (QED) is 0.746. The van der Waals surface area contributed by atoms with Crippen molar-refractivity contribution in [2.75, 3.05) is 12.9 Å². The number of hydrogen-bond donors (Lipinski definition) is 0. The molecular weight excluding hydrogens is 326 g/mol. The maximum atomic E-state index is 5.77. The van der Waals surface area contributed by atoms with Crippen molar-refractivity contribution in [2.24, 2.45) is 5.16 Å². The first kappa shape index (κ1) is 16.4. The highest BCUT2D eigenvalue weighted by Crippen LogP contribution is 2.34. The minimum atomic E-state index is -0.224. The third kappa shape index (κ3) is 3.72. The van der Waals surface area contributed by atoms with E-state index in [1.807, 2.05) is 30.0 Å². The van der Waals surface area contributed by atoms with Gasteiger partial charge in [-0.15, -0.1) is 11.3 Å². The normalized spacial score (nSPS) is 20.2. The highest BCUT2D eigenvalue weighted by atomic mass is 32.2. The number of para-hydroxylation sites is 1. The molecule has 1 aromatic carbocycles. The Hall–Kier alpha value is -1.46. The van der Waals surface area contributed by atoms with Crippen LogP contribution in [0.1, 0.15) is 29.3 Å². The molecule has 0 amide bonds. The maximum Gasteiger partial charge on any atom is 0.149 e. The van der Waals surface area contributed by atoms with E-state index in [0.717, 1.165) is 29.4 Å². The number of methoxy groups -OCH3 is 1. The van der Waals surface area contributed by atoms with Gasteiger partial charge in [0.1, 0.15) is 17.1 Å². The van der Waals surface area contributed by atoms with Crippen LogP contribution in [0.15, 0.2) is 40.9 Å². The second kappa shape index (κ2) is 6.97. The number of nitrogens with zero attached hydrogens (tertiary/aromatic N) is 1. The van der Waals surface area contributed by atoms with Crippen LogP contribution in [0.2, 0.25) is 0 Å². The molecule has 0 N–H and O–H groups in total. The maximum absolute atomic E-state index is 5.77. The van der Waals surface area contributed by atoms with Crippen molar-refractivity contribution in [3.05, 3.63) is 51.7 Å². The molecule has 0 aliphatic carbocycles. The summed E-state index contributed by atoms with van der Waals surface area (Å²) in [5, 5.41) is 6.45. The SMILES string of the molecule is COc1ccccc1CSCC1(C)CC(c2sccc2C)=NO1. The molecule has 3 rings (SSSR count). The van der Waals surface area contributed by atoms with Crippen molar-refractivity contribution in [3.63, 3.8) is 0 Å². The van der Waals surface area contributed by atoms with E-state index in [1.165, 1.54) is 16.0 Å². The summed E-state index contributed by atoms with van der Waals surface area (Å²) < 4.78 is 5.41. The first-order chi connectivity index (χ1) is 11.1. The smallest absolute Gasteiger partial charge is 0.149 e. The first-order valence-corrected chi connectivity index (χ1v) is 9.64. The fraction of sp³-hybridized carbons (Fsp3) is 0.389. The molecular formula is C18H21NO2S2. The fourth-order valence-electron chi connectivity index (χ4n) is 2.65. The van der Waals surface area contributed by atoms with Gasteiger partial charge in [0.15, 0.2) is 0 Å². The van der Waals surface area contributed by atoms with Crippen molar-refractivity contribution in [1.82, 2.24) is 0 Å². The predicted octanol–water partition coefficient (Wildman–Crippen LogP) is 4.88. The van der Waals surface area contributed by atoms with Crippen molar-refractivity contribution in [3.8, 4) is 5.75 Å². The summed E-state index contributed by atoms with van der Waals surface area (Å²) in [6, 6.07) is 10.3. The Labute approximate surface area is 145 Å². The zero-order valence-electron chi connectivity index (χ0n) is 13.7. The van der Waals surface area contributed by atoms with E-state index in [4.69, 9.17) is 9.57 Å². The molecule has 0 spiro atoms. The van der Waals surface area contributed by atoms with Crippen molar-refractivity contribution < 1.29 is 9.57 Å². The van der Waals surface area contributed by atoms with Crippen molar-refractivity contribution in [2.45, 2.75) is 31.6 Å². The lowest BCUT2D eigenvalue weighted by Crippen LogP contribution is -2.28. The van der Waals surface area contributed by atoms with Gasteiger partial charge in [-0.25, -0.2) is 0 Å². The van der Waals surface area contributed by atoms with Crippen LogP contribution in [0.4, 0.5) is 0 Å². The number of hydrogen-bond acceptors (Lipinski definition) is 5. The molecule has 5 heteroatoms. The predicted molar refractivity (Wildman–Crippen MR) is 98.9 cm³/mol.